The van der Waals surface area contributed by atoms with E-state index in [9.17, 15) is 4.79 Å². The van der Waals surface area contributed by atoms with Crippen LogP contribution < -0.4 is 0 Å². The molecule has 0 saturated carbocycles. The number of hydrogen-bond acceptors (Lipinski definition) is 2. The van der Waals surface area contributed by atoms with Gasteiger partial charge in [-0.05, 0) is 25.0 Å². The predicted octanol–water partition coefficient (Wildman–Crippen LogP) is 3.34. The van der Waals surface area contributed by atoms with Crippen LogP contribution in [0.5, 0.6) is 0 Å². The van der Waals surface area contributed by atoms with Gasteiger partial charge in [0, 0.05) is 12.8 Å². The first kappa shape index (κ1) is 12.8. The van der Waals surface area contributed by atoms with Crippen LogP contribution in [0.25, 0.3) is 0 Å². The molecule has 0 aliphatic rings. The van der Waals surface area contributed by atoms with Crippen molar-refractivity contribution in [2.45, 2.75) is 52.4 Å². The molecule has 90 valence electrons. The van der Waals surface area contributed by atoms with Gasteiger partial charge in [-0.1, -0.05) is 19.8 Å². The van der Waals surface area contributed by atoms with Crippen molar-refractivity contribution < 1.29 is 14.3 Å². The minimum absolute atomic E-state index is 0.140. The maximum atomic E-state index is 10.4. The Bertz CT molecular complexity index is 339. The first-order chi connectivity index (χ1) is 7.63. The zero-order valence-corrected chi connectivity index (χ0v) is 10.1. The summed E-state index contributed by atoms with van der Waals surface area (Å²) in [6.07, 6.45) is 5.15. The van der Waals surface area contributed by atoms with Crippen LogP contribution in [0.2, 0.25) is 0 Å². The zero-order chi connectivity index (χ0) is 12.0. The quantitative estimate of drug-likeness (QED) is 0.723. The molecule has 0 atom stereocenters. The van der Waals surface area contributed by atoms with E-state index in [2.05, 4.69) is 6.92 Å². The van der Waals surface area contributed by atoms with E-state index >= 15 is 0 Å². The Balaban J connectivity index is 2.49. The Kier molecular flexibility index (Phi) is 5.09. The minimum atomic E-state index is -0.776. The van der Waals surface area contributed by atoms with Crippen molar-refractivity contribution in [2.75, 3.05) is 0 Å². The molecule has 1 heterocycles. The van der Waals surface area contributed by atoms with Gasteiger partial charge in [0.25, 0.3) is 0 Å². The number of aryl methyl sites for hydroxylation is 3. The van der Waals surface area contributed by atoms with E-state index in [1.807, 2.05) is 13.0 Å². The number of carbonyl (C=O) groups is 1. The van der Waals surface area contributed by atoms with Crippen LogP contribution in [0, 0.1) is 6.92 Å². The molecule has 0 spiro atoms. The topological polar surface area (TPSA) is 50.4 Å². The minimum Gasteiger partial charge on any atom is -0.481 e. The van der Waals surface area contributed by atoms with Crippen LogP contribution in [-0.2, 0) is 17.6 Å². The van der Waals surface area contributed by atoms with E-state index in [0.717, 1.165) is 29.9 Å². The van der Waals surface area contributed by atoms with Crippen LogP contribution in [0.1, 0.15) is 49.7 Å². The van der Waals surface area contributed by atoms with Gasteiger partial charge >= 0.3 is 5.97 Å². The molecule has 0 radical (unpaired) electrons. The van der Waals surface area contributed by atoms with Gasteiger partial charge in [-0.25, -0.2) is 0 Å². The molecule has 0 bridgehead atoms. The summed E-state index contributed by atoms with van der Waals surface area (Å²) in [6.45, 7) is 4.20. The Morgan fingerprint density at radius 2 is 2.12 bits per heavy atom. The summed E-state index contributed by atoms with van der Waals surface area (Å²) in [4.78, 5) is 10.4. The Labute approximate surface area is 96.5 Å². The number of hydrogen-bond donors (Lipinski definition) is 1. The molecule has 0 amide bonds. The van der Waals surface area contributed by atoms with Gasteiger partial charge in [-0.15, -0.1) is 0 Å². The van der Waals surface area contributed by atoms with Crippen molar-refractivity contribution in [3.8, 4) is 0 Å². The van der Waals surface area contributed by atoms with E-state index in [4.69, 9.17) is 9.52 Å². The summed E-state index contributed by atoms with van der Waals surface area (Å²) in [5, 5.41) is 8.58. The third-order valence-electron chi connectivity index (χ3n) is 2.66. The van der Waals surface area contributed by atoms with Crippen LogP contribution in [0.3, 0.4) is 0 Å². The summed E-state index contributed by atoms with van der Waals surface area (Å²) >= 11 is 0. The fraction of sp³-hybridized carbons (Fsp3) is 0.615. The summed E-state index contributed by atoms with van der Waals surface area (Å²) in [7, 11) is 0. The van der Waals surface area contributed by atoms with E-state index < -0.39 is 5.97 Å². The van der Waals surface area contributed by atoms with Crippen molar-refractivity contribution in [3.63, 3.8) is 0 Å². The molecule has 0 aliphatic heterocycles. The second kappa shape index (κ2) is 6.36. The van der Waals surface area contributed by atoms with Crippen molar-refractivity contribution in [1.29, 1.82) is 0 Å². The van der Waals surface area contributed by atoms with Crippen LogP contribution >= 0.6 is 0 Å². The number of carboxylic acid groups (broad SMARTS) is 1. The largest absolute Gasteiger partial charge is 0.481 e. The molecule has 16 heavy (non-hydrogen) atoms. The fourth-order valence-electron chi connectivity index (χ4n) is 1.73. The van der Waals surface area contributed by atoms with Crippen molar-refractivity contribution >= 4 is 5.97 Å². The molecule has 3 heteroatoms. The summed E-state index contributed by atoms with van der Waals surface area (Å²) in [5.41, 5.74) is 1.15. The monoisotopic (exact) mass is 224 g/mol. The van der Waals surface area contributed by atoms with Gasteiger partial charge in [0.05, 0.1) is 6.42 Å². The molecule has 0 aromatic carbocycles. The Morgan fingerprint density at radius 1 is 1.38 bits per heavy atom. The Morgan fingerprint density at radius 3 is 2.75 bits per heavy atom. The fourth-order valence-corrected chi connectivity index (χ4v) is 1.73. The number of rotatable bonds is 7. The van der Waals surface area contributed by atoms with Crippen LogP contribution in [0.15, 0.2) is 10.5 Å². The van der Waals surface area contributed by atoms with Crippen molar-refractivity contribution in [2.24, 2.45) is 0 Å². The molecule has 1 aromatic rings. The predicted molar refractivity (Wildman–Crippen MR) is 62.6 cm³/mol. The van der Waals surface area contributed by atoms with E-state index in [-0.39, 0.29) is 6.42 Å². The van der Waals surface area contributed by atoms with E-state index in [1.165, 1.54) is 12.8 Å². The van der Waals surface area contributed by atoms with Gasteiger partial charge in [0.15, 0.2) is 0 Å². The highest BCUT2D eigenvalue weighted by molar-refractivity contribution is 5.66. The standard InChI is InChI=1S/C13H20O3/c1-3-4-5-6-12-10(2)9-11(16-12)7-8-13(14)15/h9H,3-8H2,1-2H3,(H,14,15). The first-order valence-electron chi connectivity index (χ1n) is 5.93. The highest BCUT2D eigenvalue weighted by Crippen LogP contribution is 2.18. The number of furan rings is 1. The van der Waals surface area contributed by atoms with Gasteiger partial charge in [0.2, 0.25) is 0 Å². The highest BCUT2D eigenvalue weighted by Gasteiger charge is 2.08. The molecule has 0 unspecified atom stereocenters. The molecule has 1 rings (SSSR count). The van der Waals surface area contributed by atoms with Crippen molar-refractivity contribution in [1.82, 2.24) is 0 Å². The molecule has 0 fully saturated rings. The lowest BCUT2D eigenvalue weighted by Gasteiger charge is -1.97. The SMILES string of the molecule is CCCCCc1oc(CCC(=O)O)cc1C. The van der Waals surface area contributed by atoms with Gasteiger partial charge < -0.3 is 9.52 Å². The first-order valence-corrected chi connectivity index (χ1v) is 5.93. The molecule has 0 aliphatic carbocycles. The van der Waals surface area contributed by atoms with E-state index in [1.54, 1.807) is 0 Å². The maximum Gasteiger partial charge on any atom is 0.303 e. The lowest BCUT2D eigenvalue weighted by molar-refractivity contribution is -0.137. The van der Waals surface area contributed by atoms with Gasteiger partial charge in [-0.3, -0.25) is 4.79 Å². The Hall–Kier alpha value is -1.25. The molecule has 3 nitrogen and oxygen atoms in total. The van der Waals surface area contributed by atoms with Crippen LogP contribution in [-0.4, -0.2) is 11.1 Å². The van der Waals surface area contributed by atoms with Gasteiger partial charge in [0.1, 0.15) is 11.5 Å². The summed E-state index contributed by atoms with van der Waals surface area (Å²) in [6, 6.07) is 1.96. The van der Waals surface area contributed by atoms with Crippen LogP contribution in [0.4, 0.5) is 0 Å². The molecule has 0 saturated heterocycles. The maximum absolute atomic E-state index is 10.4. The number of carboxylic acids is 1. The average molecular weight is 224 g/mol. The summed E-state index contributed by atoms with van der Waals surface area (Å²) in [5.74, 6) is 1.04. The lowest BCUT2D eigenvalue weighted by atomic mass is 10.1. The highest BCUT2D eigenvalue weighted by atomic mass is 16.4. The van der Waals surface area contributed by atoms with Gasteiger partial charge in [-0.2, -0.15) is 0 Å². The lowest BCUT2D eigenvalue weighted by Crippen LogP contribution is -1.96. The second-order valence-electron chi connectivity index (χ2n) is 4.17. The second-order valence-corrected chi connectivity index (χ2v) is 4.17. The average Bonchev–Trinajstić information content (AvgIpc) is 2.57. The molecular weight excluding hydrogens is 204 g/mol. The zero-order valence-electron chi connectivity index (χ0n) is 10.1. The van der Waals surface area contributed by atoms with Crippen molar-refractivity contribution in [3.05, 3.63) is 23.2 Å². The third-order valence-corrected chi connectivity index (χ3v) is 2.66. The number of unbranched alkanes of at least 4 members (excludes halogenated alkanes) is 2. The molecule has 1 aromatic heterocycles. The molecular formula is C13H20O3. The number of aliphatic carboxylic acids is 1. The third kappa shape index (κ3) is 4.09. The summed E-state index contributed by atoms with van der Waals surface area (Å²) < 4.78 is 5.65. The smallest absolute Gasteiger partial charge is 0.303 e. The molecule has 1 N–H and O–H groups in total. The van der Waals surface area contributed by atoms with E-state index in [0.29, 0.717) is 6.42 Å². The normalized spacial score (nSPS) is 10.6.